The predicted octanol–water partition coefficient (Wildman–Crippen LogP) is 1.46. The van der Waals surface area contributed by atoms with Gasteiger partial charge in [-0.05, 0) is 43.0 Å². The van der Waals surface area contributed by atoms with Crippen LogP contribution in [-0.4, -0.2) is 30.0 Å². The van der Waals surface area contributed by atoms with Gasteiger partial charge in [0.1, 0.15) is 0 Å². The van der Waals surface area contributed by atoms with Crippen molar-refractivity contribution in [1.29, 1.82) is 0 Å². The maximum atomic E-state index is 11.7. The van der Waals surface area contributed by atoms with Crippen LogP contribution in [-0.2, 0) is 4.79 Å². The largest absolute Gasteiger partial charge is 0.454 e. The highest BCUT2D eigenvalue weighted by Crippen LogP contribution is 2.33. The van der Waals surface area contributed by atoms with Gasteiger partial charge in [0.2, 0.25) is 12.7 Å². The number of ether oxygens (including phenoxy) is 2. The Bertz CT molecular complexity index is 549. The van der Waals surface area contributed by atoms with Crippen LogP contribution in [0.2, 0.25) is 0 Å². The molecule has 5 heteroatoms. The highest BCUT2D eigenvalue weighted by atomic mass is 16.7. The van der Waals surface area contributed by atoms with Gasteiger partial charge in [0.15, 0.2) is 11.5 Å². The third-order valence-electron chi connectivity index (χ3n) is 3.70. The average molecular weight is 275 g/mol. The predicted molar refractivity (Wildman–Crippen MR) is 73.4 cm³/mol. The molecule has 20 heavy (non-hydrogen) atoms. The first-order chi connectivity index (χ1) is 9.65. The molecule has 0 bridgehead atoms. The summed E-state index contributed by atoms with van der Waals surface area (Å²) in [6.45, 7) is 0.554. The third kappa shape index (κ3) is 2.77. The van der Waals surface area contributed by atoms with Crippen LogP contribution < -0.4 is 14.8 Å². The molecule has 1 aromatic rings. The van der Waals surface area contributed by atoms with E-state index < -0.39 is 5.60 Å². The van der Waals surface area contributed by atoms with Crippen molar-refractivity contribution >= 4 is 12.0 Å². The van der Waals surface area contributed by atoms with E-state index >= 15 is 0 Å². The van der Waals surface area contributed by atoms with Crippen molar-refractivity contribution in [3.63, 3.8) is 0 Å². The number of aliphatic hydroxyl groups is 1. The first-order valence-corrected chi connectivity index (χ1v) is 6.73. The summed E-state index contributed by atoms with van der Waals surface area (Å²) in [6.07, 6.45) is 5.72. The summed E-state index contributed by atoms with van der Waals surface area (Å²) in [5.74, 6) is 1.21. The van der Waals surface area contributed by atoms with Gasteiger partial charge in [-0.1, -0.05) is 6.07 Å². The molecular weight excluding hydrogens is 258 g/mol. The van der Waals surface area contributed by atoms with E-state index in [2.05, 4.69) is 5.32 Å². The molecule has 1 aliphatic carbocycles. The third-order valence-corrected chi connectivity index (χ3v) is 3.70. The smallest absolute Gasteiger partial charge is 0.244 e. The molecule has 1 heterocycles. The molecule has 0 unspecified atom stereocenters. The maximum absolute atomic E-state index is 11.7. The van der Waals surface area contributed by atoms with E-state index in [-0.39, 0.29) is 12.7 Å². The van der Waals surface area contributed by atoms with Gasteiger partial charge in [0.05, 0.1) is 5.60 Å². The van der Waals surface area contributed by atoms with Gasteiger partial charge >= 0.3 is 0 Å². The highest BCUT2D eigenvalue weighted by Gasteiger charge is 2.34. The van der Waals surface area contributed by atoms with E-state index in [1.165, 1.54) is 6.08 Å². The van der Waals surface area contributed by atoms with Gasteiger partial charge in [-0.2, -0.15) is 0 Å². The lowest BCUT2D eigenvalue weighted by Gasteiger charge is -2.36. The Morgan fingerprint density at radius 3 is 2.90 bits per heavy atom. The number of fused-ring (bicyclic) bond motifs is 1. The van der Waals surface area contributed by atoms with E-state index in [9.17, 15) is 9.90 Å². The van der Waals surface area contributed by atoms with Gasteiger partial charge in [-0.3, -0.25) is 4.79 Å². The lowest BCUT2D eigenvalue weighted by Crippen LogP contribution is -2.47. The van der Waals surface area contributed by atoms with Crippen LogP contribution in [0.4, 0.5) is 0 Å². The molecule has 5 nitrogen and oxygen atoms in total. The molecule has 1 saturated carbocycles. The lowest BCUT2D eigenvalue weighted by atomic mass is 9.80. The summed E-state index contributed by atoms with van der Waals surface area (Å²) in [7, 11) is 0. The molecular formula is C15H17NO4. The SMILES string of the molecule is O=C(/C=C/c1ccc2c(c1)OCO2)NCC1(O)CCC1. The first-order valence-electron chi connectivity index (χ1n) is 6.73. The minimum absolute atomic E-state index is 0.206. The molecule has 2 N–H and O–H groups in total. The summed E-state index contributed by atoms with van der Waals surface area (Å²) in [4.78, 5) is 11.7. The van der Waals surface area contributed by atoms with Crippen LogP contribution >= 0.6 is 0 Å². The fraction of sp³-hybridized carbons (Fsp3) is 0.400. The van der Waals surface area contributed by atoms with Crippen molar-refractivity contribution in [2.45, 2.75) is 24.9 Å². The normalized spacial score (nSPS) is 18.9. The Hall–Kier alpha value is -2.01. The molecule has 1 fully saturated rings. The quantitative estimate of drug-likeness (QED) is 0.816. The van der Waals surface area contributed by atoms with Crippen LogP contribution in [0.5, 0.6) is 11.5 Å². The fourth-order valence-corrected chi connectivity index (χ4v) is 2.26. The van der Waals surface area contributed by atoms with E-state index in [1.54, 1.807) is 6.08 Å². The molecule has 1 aliphatic heterocycles. The van der Waals surface area contributed by atoms with Gasteiger partial charge in [0, 0.05) is 12.6 Å². The molecule has 0 atom stereocenters. The number of amides is 1. The monoisotopic (exact) mass is 275 g/mol. The van der Waals surface area contributed by atoms with E-state index in [0.29, 0.717) is 12.3 Å². The highest BCUT2D eigenvalue weighted by molar-refractivity contribution is 5.91. The van der Waals surface area contributed by atoms with Crippen molar-refractivity contribution in [1.82, 2.24) is 5.32 Å². The van der Waals surface area contributed by atoms with Gasteiger partial charge in [-0.25, -0.2) is 0 Å². The molecule has 0 saturated heterocycles. The second-order valence-electron chi connectivity index (χ2n) is 5.24. The Balaban J connectivity index is 1.55. The molecule has 0 aromatic heterocycles. The number of nitrogens with one attached hydrogen (secondary N) is 1. The topological polar surface area (TPSA) is 67.8 Å². The number of rotatable bonds is 4. The molecule has 1 aromatic carbocycles. The lowest BCUT2D eigenvalue weighted by molar-refractivity contribution is -0.118. The van der Waals surface area contributed by atoms with Gasteiger partial charge in [0.25, 0.3) is 0 Å². The zero-order valence-corrected chi connectivity index (χ0v) is 11.1. The molecule has 0 radical (unpaired) electrons. The Morgan fingerprint density at radius 1 is 1.35 bits per heavy atom. The maximum Gasteiger partial charge on any atom is 0.244 e. The molecule has 106 valence electrons. The second kappa shape index (κ2) is 5.17. The molecule has 1 amide bonds. The number of hydrogen-bond donors (Lipinski definition) is 2. The minimum atomic E-state index is -0.692. The van der Waals surface area contributed by atoms with Crippen molar-refractivity contribution < 1.29 is 19.4 Å². The van der Waals surface area contributed by atoms with Crippen LogP contribution in [0.1, 0.15) is 24.8 Å². The standard InChI is InChI=1S/C15H17NO4/c17-14(16-9-15(18)6-1-7-15)5-3-11-2-4-12-13(8-11)20-10-19-12/h2-5,8,18H,1,6-7,9-10H2,(H,16,17)/b5-3+. The van der Waals surface area contributed by atoms with E-state index in [4.69, 9.17) is 9.47 Å². The van der Waals surface area contributed by atoms with E-state index in [0.717, 1.165) is 30.6 Å². The van der Waals surface area contributed by atoms with Crippen molar-refractivity contribution in [3.8, 4) is 11.5 Å². The van der Waals surface area contributed by atoms with E-state index in [1.807, 2.05) is 18.2 Å². The number of benzene rings is 1. The number of hydrogen-bond acceptors (Lipinski definition) is 4. The first kappa shape index (κ1) is 13.0. The van der Waals surface area contributed by atoms with Crippen LogP contribution in [0.25, 0.3) is 6.08 Å². The second-order valence-corrected chi connectivity index (χ2v) is 5.24. The van der Waals surface area contributed by atoms with Crippen molar-refractivity contribution in [3.05, 3.63) is 29.8 Å². The zero-order chi connectivity index (χ0) is 14.0. The zero-order valence-electron chi connectivity index (χ0n) is 11.1. The Kier molecular flexibility index (Phi) is 3.36. The number of carbonyl (C=O) groups is 1. The summed E-state index contributed by atoms with van der Waals surface area (Å²) >= 11 is 0. The summed E-state index contributed by atoms with van der Waals surface area (Å²) in [6, 6.07) is 5.50. The summed E-state index contributed by atoms with van der Waals surface area (Å²) in [5, 5.41) is 12.6. The summed E-state index contributed by atoms with van der Waals surface area (Å²) < 4.78 is 10.5. The van der Waals surface area contributed by atoms with Gasteiger partial charge < -0.3 is 19.9 Å². The fourth-order valence-electron chi connectivity index (χ4n) is 2.26. The molecule has 0 spiro atoms. The molecule has 3 rings (SSSR count). The minimum Gasteiger partial charge on any atom is -0.454 e. The van der Waals surface area contributed by atoms with Crippen LogP contribution in [0.3, 0.4) is 0 Å². The summed E-state index contributed by atoms with van der Waals surface area (Å²) in [5.41, 5.74) is 0.175. The van der Waals surface area contributed by atoms with Gasteiger partial charge in [-0.15, -0.1) is 0 Å². The Morgan fingerprint density at radius 2 is 2.15 bits per heavy atom. The molecule has 2 aliphatic rings. The Labute approximate surface area is 117 Å². The van der Waals surface area contributed by atoms with Crippen molar-refractivity contribution in [2.75, 3.05) is 13.3 Å². The average Bonchev–Trinajstić information content (AvgIpc) is 2.88. The van der Waals surface area contributed by atoms with Crippen LogP contribution in [0.15, 0.2) is 24.3 Å². The number of carbonyl (C=O) groups excluding carboxylic acids is 1. The van der Waals surface area contributed by atoms with Crippen molar-refractivity contribution in [2.24, 2.45) is 0 Å². The van der Waals surface area contributed by atoms with Crippen LogP contribution in [0, 0.1) is 0 Å².